The van der Waals surface area contributed by atoms with Gasteiger partial charge in [0.25, 0.3) is 0 Å². The Morgan fingerprint density at radius 3 is 1.93 bits per heavy atom. The van der Waals surface area contributed by atoms with Crippen molar-refractivity contribution in [1.82, 2.24) is 0 Å². The number of ether oxygens (including phenoxy) is 2. The second kappa shape index (κ2) is 14.2. The summed E-state index contributed by atoms with van der Waals surface area (Å²) in [5, 5.41) is 9.20. The Labute approximate surface area is 258 Å². The third-order valence-electron chi connectivity index (χ3n) is 5.71. The molecule has 4 rings (SSSR count). The fraction of sp³-hybridized carbons (Fsp3) is 0.0667. The van der Waals surface area contributed by atoms with Crippen LogP contribution in [-0.2, 0) is 4.57 Å². The number of phosphoric ester groups is 1. The predicted molar refractivity (Wildman–Crippen MR) is 147 cm³/mol. The van der Waals surface area contributed by atoms with E-state index in [2.05, 4.69) is 0 Å². The van der Waals surface area contributed by atoms with Crippen LogP contribution in [-0.4, -0.2) is 31.1 Å². The van der Waals surface area contributed by atoms with Crippen molar-refractivity contribution in [1.29, 1.82) is 0 Å². The number of hydrogen-bond acceptors (Lipinski definition) is 8. The average Bonchev–Trinajstić information content (AvgIpc) is 2.96. The van der Waals surface area contributed by atoms with E-state index in [4.69, 9.17) is 18.5 Å². The molecule has 1 unspecified atom stereocenters. The molecule has 204 valence electrons. The molecule has 0 spiro atoms. The van der Waals surface area contributed by atoms with Gasteiger partial charge in [-0.15, -0.1) is 0 Å². The van der Waals surface area contributed by atoms with Crippen LogP contribution in [0, 0.1) is 0 Å². The van der Waals surface area contributed by atoms with Crippen LogP contribution in [0.4, 0.5) is 0 Å². The SMILES string of the molecule is COc1ccc(C(=Cc2ccc(C(=O)O)cc2)C(=O)c2ccc(OP(=O)([O-])Oc3ccccc3)cc2OC)cc1.[Na+]. The van der Waals surface area contributed by atoms with Crippen molar-refractivity contribution in [2.75, 3.05) is 14.2 Å². The minimum Gasteiger partial charge on any atom is -0.736 e. The number of phosphoric acid groups is 1. The van der Waals surface area contributed by atoms with Crippen LogP contribution in [0.25, 0.3) is 11.6 Å². The van der Waals surface area contributed by atoms with Gasteiger partial charge in [-0.3, -0.25) is 4.79 Å². The third-order valence-corrected chi connectivity index (χ3v) is 6.58. The van der Waals surface area contributed by atoms with Gasteiger partial charge in [-0.05, 0) is 65.7 Å². The quantitative estimate of drug-likeness (QED) is 0.0933. The number of para-hydroxylation sites is 1. The first kappa shape index (κ1) is 31.7. The van der Waals surface area contributed by atoms with Crippen molar-refractivity contribution in [3.63, 3.8) is 0 Å². The van der Waals surface area contributed by atoms with Crippen molar-refractivity contribution in [2.45, 2.75) is 0 Å². The van der Waals surface area contributed by atoms with Gasteiger partial charge in [-0.2, -0.15) is 0 Å². The zero-order valence-corrected chi connectivity index (χ0v) is 25.4. The van der Waals surface area contributed by atoms with Gasteiger partial charge in [0.05, 0.1) is 25.3 Å². The predicted octanol–water partition coefficient (Wildman–Crippen LogP) is 2.76. The summed E-state index contributed by atoms with van der Waals surface area (Å²) < 4.78 is 33.1. The Kier molecular flexibility index (Phi) is 10.9. The van der Waals surface area contributed by atoms with E-state index in [1.807, 2.05) is 0 Å². The number of allylic oxidation sites excluding steroid dienone is 1. The second-order valence-corrected chi connectivity index (χ2v) is 9.61. The van der Waals surface area contributed by atoms with E-state index < -0.39 is 19.6 Å². The summed E-state index contributed by atoms with van der Waals surface area (Å²) in [4.78, 5) is 37.5. The molecule has 1 N–H and O–H groups in total. The summed E-state index contributed by atoms with van der Waals surface area (Å²) in [7, 11) is -1.92. The second-order valence-electron chi connectivity index (χ2n) is 8.35. The van der Waals surface area contributed by atoms with Gasteiger partial charge >= 0.3 is 43.3 Å². The molecule has 0 aliphatic carbocycles. The van der Waals surface area contributed by atoms with E-state index in [0.29, 0.717) is 16.9 Å². The summed E-state index contributed by atoms with van der Waals surface area (Å²) in [5.41, 5.74) is 1.69. The van der Waals surface area contributed by atoms with Gasteiger partial charge in [0.1, 0.15) is 23.0 Å². The summed E-state index contributed by atoms with van der Waals surface area (Å²) in [6.45, 7) is 0. The summed E-state index contributed by atoms with van der Waals surface area (Å²) in [6, 6.07) is 24.8. The van der Waals surface area contributed by atoms with Crippen molar-refractivity contribution >= 4 is 31.2 Å². The largest absolute Gasteiger partial charge is 1.00 e. The maximum absolute atomic E-state index is 13.8. The molecule has 0 saturated carbocycles. The summed E-state index contributed by atoms with van der Waals surface area (Å²) in [6.07, 6.45) is 1.62. The molecule has 1 atom stereocenters. The Balaban J connectivity index is 0.00000462. The van der Waals surface area contributed by atoms with Gasteiger partial charge in [0.2, 0.25) is 0 Å². The maximum Gasteiger partial charge on any atom is 1.00 e. The normalized spacial score (nSPS) is 12.3. The van der Waals surface area contributed by atoms with Gasteiger partial charge < -0.3 is 28.5 Å². The van der Waals surface area contributed by atoms with Gasteiger partial charge in [0.15, 0.2) is 5.78 Å². The minimum absolute atomic E-state index is 0. The van der Waals surface area contributed by atoms with Crippen LogP contribution in [0.3, 0.4) is 0 Å². The number of carbonyl (C=O) groups excluding carboxylic acids is 1. The zero-order valence-electron chi connectivity index (χ0n) is 22.5. The van der Waals surface area contributed by atoms with Crippen LogP contribution >= 0.6 is 7.82 Å². The van der Waals surface area contributed by atoms with E-state index in [0.717, 1.165) is 0 Å². The molecule has 0 bridgehead atoms. The number of carbonyl (C=O) groups is 2. The molecule has 4 aromatic carbocycles. The molecule has 0 heterocycles. The monoisotopic (exact) mass is 582 g/mol. The van der Waals surface area contributed by atoms with Gasteiger partial charge in [-0.25, -0.2) is 9.36 Å². The van der Waals surface area contributed by atoms with E-state index >= 15 is 0 Å². The van der Waals surface area contributed by atoms with Crippen LogP contribution in [0.15, 0.2) is 97.1 Å². The Bertz CT molecular complexity index is 1590. The number of carboxylic acids is 1. The number of carboxylic acid groups (broad SMARTS) is 1. The first-order valence-electron chi connectivity index (χ1n) is 11.9. The standard InChI is InChI=1S/C30H25O9P.Na/c1-36-23-14-12-21(13-15-23)27(18-20-8-10-22(11-9-20)30(32)33)29(31)26-17-16-25(19-28(26)37-2)39-40(34,35)38-24-6-4-3-5-7-24;/h3-19H,1-2H3,(H,32,33)(H,34,35);/q;+1/p-1. The van der Waals surface area contributed by atoms with Crippen LogP contribution in [0.2, 0.25) is 0 Å². The zero-order chi connectivity index (χ0) is 28.7. The maximum atomic E-state index is 13.8. The molecule has 0 radical (unpaired) electrons. The number of hydrogen-bond donors (Lipinski definition) is 1. The number of Topliss-reactive ketones (excluding diaryl/α,β-unsaturated/α-hetero) is 1. The molecule has 41 heavy (non-hydrogen) atoms. The number of methoxy groups -OCH3 is 2. The number of rotatable bonds is 11. The molecule has 0 fully saturated rings. The molecule has 11 heteroatoms. The van der Waals surface area contributed by atoms with Crippen LogP contribution in [0.5, 0.6) is 23.0 Å². The fourth-order valence-electron chi connectivity index (χ4n) is 3.76. The Hall–Kier alpha value is -3.85. The summed E-state index contributed by atoms with van der Waals surface area (Å²) in [5.74, 6) is -0.845. The van der Waals surface area contributed by atoms with E-state index in [1.54, 1.807) is 60.7 Å². The number of benzene rings is 4. The van der Waals surface area contributed by atoms with Gasteiger partial charge in [0, 0.05) is 11.6 Å². The molecular weight excluding hydrogens is 558 g/mol. The van der Waals surface area contributed by atoms with Crippen molar-refractivity contribution in [3.8, 4) is 23.0 Å². The van der Waals surface area contributed by atoms with E-state index in [-0.39, 0.29) is 63.5 Å². The first-order valence-corrected chi connectivity index (χ1v) is 13.3. The van der Waals surface area contributed by atoms with Crippen molar-refractivity contribution < 1.29 is 72.2 Å². The Morgan fingerprint density at radius 1 is 0.756 bits per heavy atom. The van der Waals surface area contributed by atoms with Crippen molar-refractivity contribution in [3.05, 3.63) is 119 Å². The van der Waals surface area contributed by atoms with E-state index in [1.165, 1.54) is 56.7 Å². The Morgan fingerprint density at radius 2 is 1.34 bits per heavy atom. The molecular formula is C30H24NaO9P. The molecule has 0 amide bonds. The number of ketones is 1. The fourth-order valence-corrected chi connectivity index (χ4v) is 4.55. The smallest absolute Gasteiger partial charge is 0.736 e. The molecule has 0 aliphatic heterocycles. The molecule has 4 aromatic rings. The summed E-state index contributed by atoms with van der Waals surface area (Å²) >= 11 is 0. The van der Waals surface area contributed by atoms with Crippen LogP contribution in [0.1, 0.15) is 31.8 Å². The third kappa shape index (κ3) is 8.33. The molecule has 0 saturated heterocycles. The molecule has 0 aromatic heterocycles. The van der Waals surface area contributed by atoms with Crippen LogP contribution < -0.4 is 53.0 Å². The average molecular weight is 582 g/mol. The topological polar surface area (TPSA) is 131 Å². The number of aromatic carboxylic acids is 1. The van der Waals surface area contributed by atoms with Crippen molar-refractivity contribution in [2.24, 2.45) is 0 Å². The first-order chi connectivity index (χ1) is 19.2. The molecule has 9 nitrogen and oxygen atoms in total. The van der Waals surface area contributed by atoms with Gasteiger partial charge in [-0.1, -0.05) is 42.5 Å². The molecule has 0 aliphatic rings. The minimum atomic E-state index is -4.79. The van der Waals surface area contributed by atoms with E-state index in [9.17, 15) is 24.2 Å².